The van der Waals surface area contributed by atoms with E-state index in [0.29, 0.717) is 17.0 Å². The highest BCUT2D eigenvalue weighted by Gasteiger charge is 2.05. The number of aromatic nitrogens is 2. The number of nitrogens with one attached hydrogen (secondary N) is 1. The first-order chi connectivity index (χ1) is 8.65. The Bertz CT molecular complexity index is 512. The van der Waals surface area contributed by atoms with E-state index in [0.717, 1.165) is 17.8 Å². The minimum Gasteiger partial charge on any atom is -0.354 e. The summed E-state index contributed by atoms with van der Waals surface area (Å²) in [6.07, 6.45) is 0. The van der Waals surface area contributed by atoms with Gasteiger partial charge in [-0.3, -0.25) is 0 Å². The predicted molar refractivity (Wildman–Crippen MR) is 75.8 cm³/mol. The van der Waals surface area contributed by atoms with E-state index in [9.17, 15) is 0 Å². The summed E-state index contributed by atoms with van der Waals surface area (Å²) in [5.41, 5.74) is 1.87. The van der Waals surface area contributed by atoms with Crippen LogP contribution >= 0.6 is 11.6 Å². The normalized spacial score (nSPS) is 10.7. The Morgan fingerprint density at radius 1 is 1.17 bits per heavy atom. The lowest BCUT2D eigenvalue weighted by molar-refractivity contribution is 0.684. The minimum absolute atomic E-state index is 0.454. The maximum atomic E-state index is 6.02. The van der Waals surface area contributed by atoms with Gasteiger partial charge < -0.3 is 5.32 Å². The molecular weight excluding hydrogens is 246 g/mol. The Hall–Kier alpha value is -1.61. The van der Waals surface area contributed by atoms with Gasteiger partial charge in [0.1, 0.15) is 5.15 Å². The van der Waals surface area contributed by atoms with Crippen LogP contribution in [0.5, 0.6) is 0 Å². The van der Waals surface area contributed by atoms with E-state index in [2.05, 4.69) is 29.1 Å². The molecule has 0 saturated heterocycles. The van der Waals surface area contributed by atoms with Crippen LogP contribution < -0.4 is 5.32 Å². The average molecular weight is 262 g/mol. The van der Waals surface area contributed by atoms with Crippen molar-refractivity contribution < 1.29 is 0 Å². The van der Waals surface area contributed by atoms with E-state index in [4.69, 9.17) is 11.6 Å². The molecule has 2 aromatic rings. The third kappa shape index (κ3) is 3.44. The van der Waals surface area contributed by atoms with Gasteiger partial charge in [-0.15, -0.1) is 0 Å². The molecule has 0 unspecified atom stereocenters. The lowest BCUT2D eigenvalue weighted by Gasteiger charge is -2.09. The zero-order valence-corrected chi connectivity index (χ0v) is 11.3. The molecular formula is C14H16ClN3. The van der Waals surface area contributed by atoms with Gasteiger partial charge in [-0.2, -0.15) is 0 Å². The first-order valence-electron chi connectivity index (χ1n) is 5.99. The number of nitrogens with zero attached hydrogens (tertiary/aromatic N) is 2. The van der Waals surface area contributed by atoms with E-state index in [1.807, 2.05) is 30.3 Å². The maximum Gasteiger partial charge on any atom is 0.224 e. The van der Waals surface area contributed by atoms with Crippen molar-refractivity contribution in [1.29, 1.82) is 0 Å². The second-order valence-electron chi connectivity index (χ2n) is 4.54. The number of halogens is 1. The topological polar surface area (TPSA) is 37.8 Å². The van der Waals surface area contributed by atoms with Crippen LogP contribution in [0.2, 0.25) is 5.15 Å². The molecule has 0 aliphatic heterocycles. The predicted octanol–water partition coefficient (Wildman–Crippen LogP) is 3.86. The molecule has 0 atom stereocenters. The summed E-state index contributed by atoms with van der Waals surface area (Å²) in [6, 6.07) is 11.7. The van der Waals surface area contributed by atoms with E-state index in [1.165, 1.54) is 0 Å². The number of rotatable bonds is 4. The lowest BCUT2D eigenvalue weighted by Crippen LogP contribution is -2.10. The maximum absolute atomic E-state index is 6.02. The number of hydrogen-bond acceptors (Lipinski definition) is 3. The molecule has 0 fully saturated rings. The standard InChI is InChI=1S/C14H16ClN3/c1-10(2)9-16-14-17-12(8-13(15)18-14)11-6-4-3-5-7-11/h3-8,10H,9H2,1-2H3,(H,16,17,18). The molecule has 4 heteroatoms. The van der Waals surface area contributed by atoms with Gasteiger partial charge in [0.05, 0.1) is 5.69 Å². The Morgan fingerprint density at radius 3 is 2.56 bits per heavy atom. The molecule has 0 saturated carbocycles. The monoisotopic (exact) mass is 261 g/mol. The molecule has 2 rings (SSSR count). The summed E-state index contributed by atoms with van der Waals surface area (Å²) in [5.74, 6) is 1.11. The Balaban J connectivity index is 2.27. The van der Waals surface area contributed by atoms with E-state index in [-0.39, 0.29) is 0 Å². The molecule has 1 aromatic carbocycles. The van der Waals surface area contributed by atoms with Gasteiger partial charge in [-0.1, -0.05) is 55.8 Å². The fourth-order valence-electron chi connectivity index (χ4n) is 1.55. The van der Waals surface area contributed by atoms with Gasteiger partial charge in [-0.05, 0) is 5.92 Å². The first kappa shape index (κ1) is 12.8. The summed E-state index contributed by atoms with van der Waals surface area (Å²) < 4.78 is 0. The van der Waals surface area contributed by atoms with Crippen molar-refractivity contribution in [3.05, 3.63) is 41.6 Å². The van der Waals surface area contributed by atoms with Crippen LogP contribution in [0.25, 0.3) is 11.3 Å². The molecule has 1 aromatic heterocycles. The van der Waals surface area contributed by atoms with Crippen LogP contribution in [-0.4, -0.2) is 16.5 Å². The fraction of sp³-hybridized carbons (Fsp3) is 0.286. The van der Waals surface area contributed by atoms with Crippen molar-refractivity contribution in [2.24, 2.45) is 5.92 Å². The first-order valence-corrected chi connectivity index (χ1v) is 6.37. The number of anilines is 1. The number of hydrogen-bond donors (Lipinski definition) is 1. The molecule has 94 valence electrons. The van der Waals surface area contributed by atoms with Crippen LogP contribution in [0.1, 0.15) is 13.8 Å². The molecule has 0 radical (unpaired) electrons. The van der Waals surface area contributed by atoms with Crippen molar-refractivity contribution in [3.8, 4) is 11.3 Å². The van der Waals surface area contributed by atoms with Crippen molar-refractivity contribution in [3.63, 3.8) is 0 Å². The largest absolute Gasteiger partial charge is 0.354 e. The van der Waals surface area contributed by atoms with Gasteiger partial charge in [0, 0.05) is 18.2 Å². The van der Waals surface area contributed by atoms with E-state index < -0.39 is 0 Å². The summed E-state index contributed by atoms with van der Waals surface area (Å²) in [5, 5.41) is 3.64. The van der Waals surface area contributed by atoms with Gasteiger partial charge in [0.2, 0.25) is 5.95 Å². The molecule has 18 heavy (non-hydrogen) atoms. The van der Waals surface area contributed by atoms with Crippen molar-refractivity contribution in [2.45, 2.75) is 13.8 Å². The summed E-state index contributed by atoms with van der Waals surface area (Å²) in [6.45, 7) is 5.10. The Morgan fingerprint density at radius 2 is 1.89 bits per heavy atom. The molecule has 0 aliphatic rings. The fourth-order valence-corrected chi connectivity index (χ4v) is 1.73. The molecule has 0 aliphatic carbocycles. The third-order valence-electron chi connectivity index (χ3n) is 2.43. The zero-order valence-electron chi connectivity index (χ0n) is 10.5. The van der Waals surface area contributed by atoms with E-state index in [1.54, 1.807) is 6.07 Å². The molecule has 0 amide bonds. The summed E-state index contributed by atoms with van der Waals surface area (Å²) >= 11 is 6.02. The average Bonchev–Trinajstić information content (AvgIpc) is 2.37. The molecule has 1 N–H and O–H groups in total. The Kier molecular flexibility index (Phi) is 4.15. The van der Waals surface area contributed by atoms with Crippen LogP contribution in [0, 0.1) is 5.92 Å². The van der Waals surface area contributed by atoms with Crippen molar-refractivity contribution in [2.75, 3.05) is 11.9 Å². The summed E-state index contributed by atoms with van der Waals surface area (Å²) in [4.78, 5) is 8.64. The molecule has 3 nitrogen and oxygen atoms in total. The quantitative estimate of drug-likeness (QED) is 0.849. The third-order valence-corrected chi connectivity index (χ3v) is 2.63. The van der Waals surface area contributed by atoms with Crippen molar-refractivity contribution in [1.82, 2.24) is 9.97 Å². The Labute approximate surface area is 112 Å². The molecule has 1 heterocycles. The smallest absolute Gasteiger partial charge is 0.224 e. The SMILES string of the molecule is CC(C)CNc1nc(Cl)cc(-c2ccccc2)n1. The van der Waals surface area contributed by atoms with Crippen LogP contribution in [-0.2, 0) is 0 Å². The minimum atomic E-state index is 0.454. The second kappa shape index (κ2) is 5.83. The van der Waals surface area contributed by atoms with Gasteiger partial charge in [0.15, 0.2) is 0 Å². The molecule has 0 bridgehead atoms. The second-order valence-corrected chi connectivity index (χ2v) is 4.93. The highest BCUT2D eigenvalue weighted by molar-refractivity contribution is 6.29. The van der Waals surface area contributed by atoms with Gasteiger partial charge in [-0.25, -0.2) is 9.97 Å². The lowest BCUT2D eigenvalue weighted by atomic mass is 10.1. The molecule has 0 spiro atoms. The van der Waals surface area contributed by atoms with Crippen LogP contribution in [0.15, 0.2) is 36.4 Å². The van der Waals surface area contributed by atoms with Crippen LogP contribution in [0.3, 0.4) is 0 Å². The zero-order chi connectivity index (χ0) is 13.0. The van der Waals surface area contributed by atoms with Gasteiger partial charge in [0.25, 0.3) is 0 Å². The van der Waals surface area contributed by atoms with Crippen molar-refractivity contribution >= 4 is 17.5 Å². The highest BCUT2D eigenvalue weighted by atomic mass is 35.5. The van der Waals surface area contributed by atoms with E-state index >= 15 is 0 Å². The van der Waals surface area contributed by atoms with Gasteiger partial charge >= 0.3 is 0 Å². The number of benzene rings is 1. The summed E-state index contributed by atoms with van der Waals surface area (Å²) in [7, 11) is 0. The van der Waals surface area contributed by atoms with Crippen LogP contribution in [0.4, 0.5) is 5.95 Å². The highest BCUT2D eigenvalue weighted by Crippen LogP contribution is 2.21.